The summed E-state index contributed by atoms with van der Waals surface area (Å²) in [7, 11) is 0.994. The smallest absolute Gasteiger partial charge is 0.306 e. The highest BCUT2D eigenvalue weighted by atomic mass is 35.5. The van der Waals surface area contributed by atoms with Crippen molar-refractivity contribution in [1.29, 1.82) is 0 Å². The predicted octanol–water partition coefficient (Wildman–Crippen LogP) is 10.5. The van der Waals surface area contributed by atoms with Crippen LogP contribution in [0.5, 0.6) is 0 Å². The van der Waals surface area contributed by atoms with E-state index in [0.29, 0.717) is 52.6 Å². The molecular weight excluding hydrogens is 828 g/mol. The summed E-state index contributed by atoms with van der Waals surface area (Å²) in [6.45, 7) is 2.03. The van der Waals surface area contributed by atoms with Crippen LogP contribution in [0.4, 0.5) is 11.4 Å². The second-order valence-electron chi connectivity index (χ2n) is 16.5. The number of esters is 2. The Hall–Kier alpha value is -2.70. The molecule has 0 bridgehead atoms. The second kappa shape index (κ2) is 31.2. The summed E-state index contributed by atoms with van der Waals surface area (Å²) in [4.78, 5) is 50.4. The standard InChI is InChI=1S/C45H72Cl2N3O9P/c1-5-6-7-8-9-10-11-12-13-14-15-16-17-18-19-28-43(52)56-35-39(36-58-60(54,55)57-32-31-50(2,3)4)59-44(53)29-20-21-30-48-42(51)34-37-24-22-25-38(33-37)49-45-40(46)26-23-27-41(45)47/h22-27,33,39,49H,5-21,28-32,34-36H2,1-4H3,(H-,48,51,54,55). The van der Waals surface area contributed by atoms with Crippen LogP contribution in [0.2, 0.25) is 10.0 Å². The summed E-state index contributed by atoms with van der Waals surface area (Å²) in [5.41, 5.74) is 2.10. The van der Waals surface area contributed by atoms with Crippen LogP contribution in [0.1, 0.15) is 134 Å². The van der Waals surface area contributed by atoms with Gasteiger partial charge >= 0.3 is 11.9 Å². The molecule has 1 amide bonds. The number of ether oxygens (including phenoxy) is 2. The lowest BCUT2D eigenvalue weighted by Gasteiger charge is -2.28. The van der Waals surface area contributed by atoms with Gasteiger partial charge in [0, 0.05) is 25.1 Å². The molecule has 0 aliphatic heterocycles. The summed E-state index contributed by atoms with van der Waals surface area (Å²) < 4.78 is 33.8. The highest BCUT2D eigenvalue weighted by Crippen LogP contribution is 2.38. The lowest BCUT2D eigenvalue weighted by molar-refractivity contribution is -0.870. The molecule has 15 heteroatoms. The zero-order chi connectivity index (χ0) is 44.1. The largest absolute Gasteiger partial charge is 0.756 e. The summed E-state index contributed by atoms with van der Waals surface area (Å²) >= 11 is 12.6. The number of hydrogen-bond donors (Lipinski definition) is 2. The van der Waals surface area contributed by atoms with Crippen LogP contribution in [0.15, 0.2) is 42.5 Å². The molecule has 2 N–H and O–H groups in total. The van der Waals surface area contributed by atoms with Gasteiger partial charge in [0.25, 0.3) is 7.82 Å². The maximum Gasteiger partial charge on any atom is 0.306 e. The van der Waals surface area contributed by atoms with Crippen molar-refractivity contribution in [2.45, 2.75) is 141 Å². The number of phosphoric ester groups is 1. The number of hydrogen-bond acceptors (Lipinski definition) is 10. The van der Waals surface area contributed by atoms with Crippen LogP contribution in [-0.4, -0.2) is 82.5 Å². The lowest BCUT2D eigenvalue weighted by atomic mass is 10.0. The van der Waals surface area contributed by atoms with Crippen molar-refractivity contribution in [2.75, 3.05) is 59.4 Å². The Labute approximate surface area is 369 Å². The third-order valence-corrected chi connectivity index (χ3v) is 11.4. The Morgan fingerprint density at radius 3 is 1.88 bits per heavy atom. The molecule has 0 heterocycles. The topological polar surface area (TPSA) is 152 Å². The van der Waals surface area contributed by atoms with Crippen LogP contribution in [0.3, 0.4) is 0 Å². The minimum absolute atomic E-state index is 0.00674. The summed E-state index contributed by atoms with van der Waals surface area (Å²) in [6.07, 6.45) is 18.4. The second-order valence-corrected chi connectivity index (χ2v) is 18.7. The van der Waals surface area contributed by atoms with E-state index in [2.05, 4.69) is 17.6 Å². The molecule has 60 heavy (non-hydrogen) atoms. The number of carbonyl (C=O) groups excluding carboxylic acids is 3. The first-order valence-corrected chi connectivity index (χ1v) is 24.2. The fraction of sp³-hybridized carbons (Fsp3) is 0.667. The van der Waals surface area contributed by atoms with Gasteiger partial charge in [-0.25, -0.2) is 0 Å². The number of likely N-dealkylation sites (N-methyl/N-ethyl adjacent to an activating group) is 1. The molecule has 2 unspecified atom stereocenters. The van der Waals surface area contributed by atoms with Crippen molar-refractivity contribution in [3.63, 3.8) is 0 Å². The van der Waals surface area contributed by atoms with Crippen LogP contribution in [0, 0.1) is 0 Å². The SMILES string of the molecule is CCCCCCCCCCCCCCCCCC(=O)OCC(COP(=O)([O-])OCC[N+](C)(C)C)OC(=O)CCCCNC(=O)Cc1cccc(Nc2c(Cl)cccc2Cl)c1. The number of quaternary nitrogens is 1. The van der Waals surface area contributed by atoms with E-state index in [9.17, 15) is 23.8 Å². The van der Waals surface area contributed by atoms with Gasteiger partial charge in [0.1, 0.15) is 19.8 Å². The summed E-state index contributed by atoms with van der Waals surface area (Å²) in [5.74, 6) is -1.23. The zero-order valence-corrected chi connectivity index (χ0v) is 39.0. The molecule has 340 valence electrons. The van der Waals surface area contributed by atoms with E-state index in [1.54, 1.807) is 18.2 Å². The third-order valence-electron chi connectivity index (χ3n) is 9.80. The van der Waals surface area contributed by atoms with Gasteiger partial charge in [0.2, 0.25) is 5.91 Å². The van der Waals surface area contributed by atoms with Crippen LogP contribution >= 0.6 is 31.0 Å². The lowest BCUT2D eigenvalue weighted by Crippen LogP contribution is -2.37. The van der Waals surface area contributed by atoms with E-state index in [0.717, 1.165) is 30.5 Å². The Kier molecular flexibility index (Phi) is 27.8. The molecule has 0 radical (unpaired) electrons. The number of unbranched alkanes of at least 4 members (excludes halogenated alkanes) is 15. The Morgan fingerprint density at radius 1 is 0.733 bits per heavy atom. The number of benzene rings is 2. The van der Waals surface area contributed by atoms with Crippen molar-refractivity contribution >= 4 is 60.2 Å². The van der Waals surface area contributed by atoms with Crippen LogP contribution in [0.25, 0.3) is 0 Å². The van der Waals surface area contributed by atoms with Gasteiger partial charge in [-0.2, -0.15) is 0 Å². The molecule has 0 spiro atoms. The van der Waals surface area contributed by atoms with Gasteiger partial charge in [-0.05, 0) is 49.1 Å². The minimum atomic E-state index is -4.70. The molecular formula is C45H72Cl2N3O9P. The Balaban J connectivity index is 1.71. The first kappa shape index (κ1) is 53.4. The van der Waals surface area contributed by atoms with Crippen molar-refractivity contribution in [3.05, 3.63) is 58.1 Å². The molecule has 12 nitrogen and oxygen atoms in total. The van der Waals surface area contributed by atoms with Gasteiger partial charge in [-0.15, -0.1) is 0 Å². The van der Waals surface area contributed by atoms with Gasteiger partial charge in [0.15, 0.2) is 6.10 Å². The van der Waals surface area contributed by atoms with Gasteiger partial charge in [-0.3, -0.25) is 18.9 Å². The average molecular weight is 901 g/mol. The van der Waals surface area contributed by atoms with E-state index in [1.165, 1.54) is 70.6 Å². The predicted molar refractivity (Wildman–Crippen MR) is 240 cm³/mol. The van der Waals surface area contributed by atoms with Gasteiger partial charge < -0.3 is 38.5 Å². The molecule has 2 rings (SSSR count). The number of nitrogens with zero attached hydrogens (tertiary/aromatic N) is 1. The van der Waals surface area contributed by atoms with E-state index >= 15 is 0 Å². The fourth-order valence-corrected chi connectivity index (χ4v) is 7.51. The third kappa shape index (κ3) is 27.3. The number of amides is 1. The number of para-hydroxylation sites is 1. The summed E-state index contributed by atoms with van der Waals surface area (Å²) in [6, 6.07) is 12.6. The highest BCUT2D eigenvalue weighted by molar-refractivity contribution is 7.45. The van der Waals surface area contributed by atoms with Crippen molar-refractivity contribution < 1.29 is 46.8 Å². The number of phosphoric acid groups is 1. The molecule has 0 saturated carbocycles. The Bertz CT molecular complexity index is 1560. The molecule has 0 fully saturated rings. The number of anilines is 2. The van der Waals surface area contributed by atoms with Crippen LogP contribution < -0.4 is 15.5 Å². The van der Waals surface area contributed by atoms with Gasteiger partial charge in [-0.1, -0.05) is 138 Å². The molecule has 0 aliphatic rings. The molecule has 2 aromatic rings. The quantitative estimate of drug-likeness (QED) is 0.0296. The summed E-state index contributed by atoms with van der Waals surface area (Å²) in [5, 5.41) is 7.02. The monoisotopic (exact) mass is 899 g/mol. The normalized spacial score (nSPS) is 13.1. The highest BCUT2D eigenvalue weighted by Gasteiger charge is 2.22. The van der Waals surface area contributed by atoms with E-state index in [-0.39, 0.29) is 38.4 Å². The number of nitrogens with one attached hydrogen (secondary N) is 2. The van der Waals surface area contributed by atoms with Crippen LogP contribution in [-0.2, 0) is 43.9 Å². The number of carbonyl (C=O) groups is 3. The van der Waals surface area contributed by atoms with E-state index in [4.69, 9.17) is 41.7 Å². The van der Waals surface area contributed by atoms with Gasteiger partial charge in [0.05, 0.1) is 49.9 Å². The van der Waals surface area contributed by atoms with E-state index < -0.39 is 32.5 Å². The number of halogens is 2. The first-order chi connectivity index (χ1) is 28.7. The zero-order valence-electron chi connectivity index (χ0n) is 36.6. The average Bonchev–Trinajstić information content (AvgIpc) is 3.18. The maximum absolute atomic E-state index is 12.8. The van der Waals surface area contributed by atoms with E-state index in [1.807, 2.05) is 45.4 Å². The fourth-order valence-electron chi connectivity index (χ4n) is 6.29. The first-order valence-electron chi connectivity index (χ1n) is 22.0. The molecule has 2 atom stereocenters. The van der Waals surface area contributed by atoms with Crippen molar-refractivity contribution in [2.24, 2.45) is 0 Å². The number of rotatable bonds is 35. The van der Waals surface area contributed by atoms with Crippen molar-refractivity contribution in [3.8, 4) is 0 Å². The Morgan fingerprint density at radius 2 is 1.28 bits per heavy atom. The minimum Gasteiger partial charge on any atom is -0.756 e. The van der Waals surface area contributed by atoms with Crippen molar-refractivity contribution in [1.82, 2.24) is 5.32 Å². The molecule has 0 aromatic heterocycles. The maximum atomic E-state index is 12.8. The molecule has 0 aliphatic carbocycles. The molecule has 2 aromatic carbocycles. The molecule has 0 saturated heterocycles.